The van der Waals surface area contributed by atoms with Crippen LogP contribution in [0.5, 0.6) is 0 Å². The van der Waals surface area contributed by atoms with Crippen LogP contribution in [-0.2, 0) is 7.05 Å². The van der Waals surface area contributed by atoms with Gasteiger partial charge in [-0.2, -0.15) is 5.10 Å². The van der Waals surface area contributed by atoms with Crippen molar-refractivity contribution in [3.8, 4) is 0 Å². The summed E-state index contributed by atoms with van der Waals surface area (Å²) < 4.78 is 27.4. The summed E-state index contributed by atoms with van der Waals surface area (Å²) in [6.45, 7) is 0. The highest BCUT2D eigenvalue weighted by Crippen LogP contribution is 2.17. The van der Waals surface area contributed by atoms with Crippen molar-refractivity contribution < 1.29 is 23.5 Å². The van der Waals surface area contributed by atoms with Gasteiger partial charge in [0.05, 0.1) is 11.9 Å². The van der Waals surface area contributed by atoms with Gasteiger partial charge in [-0.15, -0.1) is 0 Å². The molecule has 0 aliphatic carbocycles. The summed E-state index contributed by atoms with van der Waals surface area (Å²) >= 11 is 0. The zero-order chi connectivity index (χ0) is 14.9. The summed E-state index contributed by atoms with van der Waals surface area (Å²) in [6, 6.07) is 2.55. The number of carbonyl (C=O) groups excluding carboxylic acids is 1. The van der Waals surface area contributed by atoms with E-state index in [2.05, 4.69) is 10.4 Å². The van der Waals surface area contributed by atoms with Crippen molar-refractivity contribution in [2.75, 3.05) is 5.32 Å². The van der Waals surface area contributed by atoms with Gasteiger partial charge in [-0.1, -0.05) is 0 Å². The van der Waals surface area contributed by atoms with Crippen molar-refractivity contribution >= 4 is 17.6 Å². The molecular weight excluding hydrogens is 272 g/mol. The van der Waals surface area contributed by atoms with E-state index < -0.39 is 23.5 Å². The number of hydrogen-bond donors (Lipinski definition) is 2. The first-order valence-corrected chi connectivity index (χ1v) is 5.42. The smallest absolute Gasteiger partial charge is 0.339 e. The second kappa shape index (κ2) is 5.08. The van der Waals surface area contributed by atoms with E-state index in [4.69, 9.17) is 5.11 Å². The van der Waals surface area contributed by atoms with Crippen LogP contribution in [0.1, 0.15) is 20.8 Å². The molecule has 2 N–H and O–H groups in total. The fraction of sp³-hybridized carbons (Fsp3) is 0.0833. The topological polar surface area (TPSA) is 84.2 Å². The van der Waals surface area contributed by atoms with E-state index in [0.29, 0.717) is 0 Å². The summed E-state index contributed by atoms with van der Waals surface area (Å²) in [7, 11) is 1.36. The number of amides is 1. The maximum Gasteiger partial charge on any atom is 0.339 e. The van der Waals surface area contributed by atoms with Gasteiger partial charge >= 0.3 is 5.97 Å². The van der Waals surface area contributed by atoms with Crippen LogP contribution in [0.15, 0.2) is 24.4 Å². The standard InChI is InChI=1S/C12H9F2N3O3/c1-17-10(7(5-15-17)12(19)20)11(18)16-9-4-6(13)2-3-8(9)14/h2-5H,1H3,(H,16,18)(H,19,20). The minimum Gasteiger partial charge on any atom is -0.478 e. The maximum absolute atomic E-state index is 13.4. The first-order valence-electron chi connectivity index (χ1n) is 5.42. The quantitative estimate of drug-likeness (QED) is 0.896. The molecule has 0 aliphatic rings. The second-order valence-corrected chi connectivity index (χ2v) is 3.91. The zero-order valence-electron chi connectivity index (χ0n) is 10.2. The van der Waals surface area contributed by atoms with Crippen LogP contribution in [-0.4, -0.2) is 26.8 Å². The fourth-order valence-electron chi connectivity index (χ4n) is 1.64. The highest BCUT2D eigenvalue weighted by Gasteiger charge is 2.22. The predicted molar refractivity (Wildman–Crippen MR) is 64.5 cm³/mol. The third-order valence-electron chi connectivity index (χ3n) is 2.56. The number of nitrogens with zero attached hydrogens (tertiary/aromatic N) is 2. The lowest BCUT2D eigenvalue weighted by Gasteiger charge is -2.07. The number of aromatic carboxylic acids is 1. The van der Waals surface area contributed by atoms with Crippen molar-refractivity contribution in [2.24, 2.45) is 7.05 Å². The lowest BCUT2D eigenvalue weighted by molar-refractivity contribution is 0.0692. The van der Waals surface area contributed by atoms with Crippen LogP contribution in [0.3, 0.4) is 0 Å². The van der Waals surface area contributed by atoms with Crippen LogP contribution in [0.25, 0.3) is 0 Å². The lowest BCUT2D eigenvalue weighted by Crippen LogP contribution is -2.20. The first kappa shape index (κ1) is 13.7. The second-order valence-electron chi connectivity index (χ2n) is 3.91. The molecule has 0 fully saturated rings. The van der Waals surface area contributed by atoms with Gasteiger partial charge in [0.15, 0.2) is 0 Å². The minimum atomic E-state index is -1.34. The van der Waals surface area contributed by atoms with Crippen molar-refractivity contribution in [1.82, 2.24) is 9.78 Å². The van der Waals surface area contributed by atoms with Crippen LogP contribution >= 0.6 is 0 Å². The number of rotatable bonds is 3. The SMILES string of the molecule is Cn1ncc(C(=O)O)c1C(=O)Nc1cc(F)ccc1F. The third kappa shape index (κ3) is 2.48. The Morgan fingerprint density at radius 3 is 2.70 bits per heavy atom. The highest BCUT2D eigenvalue weighted by molar-refractivity contribution is 6.09. The predicted octanol–water partition coefficient (Wildman–Crippen LogP) is 1.65. The number of halogens is 2. The molecule has 6 nitrogen and oxygen atoms in total. The minimum absolute atomic E-state index is 0.263. The number of carbonyl (C=O) groups is 2. The van der Waals surface area contributed by atoms with Crippen molar-refractivity contribution in [3.63, 3.8) is 0 Å². The van der Waals surface area contributed by atoms with Gasteiger partial charge in [-0.25, -0.2) is 13.6 Å². The van der Waals surface area contributed by atoms with Gasteiger partial charge in [0.2, 0.25) is 0 Å². The van der Waals surface area contributed by atoms with Crippen molar-refractivity contribution in [2.45, 2.75) is 0 Å². The van der Waals surface area contributed by atoms with E-state index in [1.54, 1.807) is 0 Å². The molecule has 0 bridgehead atoms. The van der Waals surface area contributed by atoms with Crippen molar-refractivity contribution in [3.05, 3.63) is 47.3 Å². The summed E-state index contributed by atoms with van der Waals surface area (Å²) in [5.74, 6) is -3.81. The molecule has 1 aromatic heterocycles. The van der Waals surface area contributed by atoms with Gasteiger partial charge in [0.1, 0.15) is 22.9 Å². The Morgan fingerprint density at radius 2 is 2.05 bits per heavy atom. The Bertz CT molecular complexity index is 697. The first-order chi connectivity index (χ1) is 9.40. The molecule has 8 heteroatoms. The van der Waals surface area contributed by atoms with E-state index in [-0.39, 0.29) is 16.9 Å². The normalized spacial score (nSPS) is 10.3. The number of anilines is 1. The summed E-state index contributed by atoms with van der Waals surface area (Å²) in [4.78, 5) is 22.9. The molecule has 0 radical (unpaired) electrons. The van der Waals surface area contributed by atoms with Gasteiger partial charge < -0.3 is 10.4 Å². The Hall–Kier alpha value is -2.77. The summed E-state index contributed by atoms with van der Waals surface area (Å²) in [5, 5.41) is 14.7. The molecule has 1 amide bonds. The molecule has 2 aromatic rings. The van der Waals surface area contributed by atoms with Gasteiger partial charge in [-0.05, 0) is 12.1 Å². The number of nitrogens with one attached hydrogen (secondary N) is 1. The van der Waals surface area contributed by atoms with E-state index >= 15 is 0 Å². The average molecular weight is 281 g/mol. The number of aryl methyl sites for hydroxylation is 1. The van der Waals surface area contributed by atoms with Crippen LogP contribution < -0.4 is 5.32 Å². The molecule has 104 valence electrons. The molecule has 0 saturated carbocycles. The van der Waals surface area contributed by atoms with E-state index in [1.165, 1.54) is 7.05 Å². The lowest BCUT2D eigenvalue weighted by atomic mass is 10.2. The molecular formula is C12H9F2N3O3. The number of carboxylic acid groups (broad SMARTS) is 1. The van der Waals surface area contributed by atoms with Gasteiger partial charge in [0, 0.05) is 13.1 Å². The highest BCUT2D eigenvalue weighted by atomic mass is 19.1. The summed E-state index contributed by atoms with van der Waals surface area (Å²) in [6.07, 6.45) is 0.999. The largest absolute Gasteiger partial charge is 0.478 e. The van der Waals surface area contributed by atoms with E-state index in [1.807, 2.05) is 0 Å². The summed E-state index contributed by atoms with van der Waals surface area (Å²) in [5.41, 5.74) is -0.976. The van der Waals surface area contributed by atoms with E-state index in [9.17, 15) is 18.4 Å². The molecule has 0 unspecified atom stereocenters. The molecule has 0 atom stereocenters. The number of carboxylic acids is 1. The maximum atomic E-state index is 13.4. The third-order valence-corrected chi connectivity index (χ3v) is 2.56. The molecule has 1 heterocycles. The van der Waals surface area contributed by atoms with Gasteiger partial charge in [-0.3, -0.25) is 9.48 Å². The molecule has 2 rings (SSSR count). The fourth-order valence-corrected chi connectivity index (χ4v) is 1.64. The van der Waals surface area contributed by atoms with Crippen LogP contribution in [0.4, 0.5) is 14.5 Å². The van der Waals surface area contributed by atoms with Gasteiger partial charge in [0.25, 0.3) is 5.91 Å². The van der Waals surface area contributed by atoms with Crippen LogP contribution in [0, 0.1) is 11.6 Å². The average Bonchev–Trinajstić information content (AvgIpc) is 2.76. The zero-order valence-corrected chi connectivity index (χ0v) is 10.2. The number of hydrogen-bond acceptors (Lipinski definition) is 3. The molecule has 20 heavy (non-hydrogen) atoms. The Morgan fingerprint density at radius 1 is 1.35 bits per heavy atom. The molecule has 0 aliphatic heterocycles. The molecule has 0 saturated heterocycles. The Balaban J connectivity index is 2.36. The Kier molecular flexibility index (Phi) is 3.47. The molecule has 1 aromatic carbocycles. The monoisotopic (exact) mass is 281 g/mol. The number of benzene rings is 1. The number of aromatic nitrogens is 2. The van der Waals surface area contributed by atoms with Crippen molar-refractivity contribution in [1.29, 1.82) is 0 Å². The molecule has 0 spiro atoms. The van der Waals surface area contributed by atoms with Crippen LogP contribution in [0.2, 0.25) is 0 Å². The van der Waals surface area contributed by atoms with E-state index in [0.717, 1.165) is 29.1 Å². The Labute approximate surface area is 111 Å².